The quantitative estimate of drug-likeness (QED) is 0.203. The van der Waals surface area contributed by atoms with E-state index in [0.29, 0.717) is 5.11 Å². The highest BCUT2D eigenvalue weighted by Crippen LogP contribution is 2.44. The van der Waals surface area contributed by atoms with Gasteiger partial charge in [-0.15, -0.1) is 0 Å². The van der Waals surface area contributed by atoms with Crippen LogP contribution in [-0.4, -0.2) is 14.7 Å². The van der Waals surface area contributed by atoms with E-state index >= 15 is 0 Å². The molecule has 0 saturated carbocycles. The highest BCUT2D eigenvalue weighted by molar-refractivity contribution is 7.80. The lowest BCUT2D eigenvalue weighted by Gasteiger charge is -2.28. The molecule has 0 amide bonds. The molecule has 2 atom stereocenters. The van der Waals surface area contributed by atoms with Crippen molar-refractivity contribution < 1.29 is 4.74 Å². The van der Waals surface area contributed by atoms with Crippen molar-refractivity contribution in [2.45, 2.75) is 46.2 Å². The molecule has 5 nitrogen and oxygen atoms in total. The molecule has 41 heavy (non-hydrogen) atoms. The van der Waals surface area contributed by atoms with Gasteiger partial charge in [-0.25, -0.2) is 0 Å². The van der Waals surface area contributed by atoms with E-state index in [1.54, 1.807) is 0 Å². The molecule has 206 valence electrons. The summed E-state index contributed by atoms with van der Waals surface area (Å²) < 4.78 is 8.52. The Morgan fingerprint density at radius 2 is 1.56 bits per heavy atom. The van der Waals surface area contributed by atoms with E-state index in [-0.39, 0.29) is 12.1 Å². The van der Waals surface area contributed by atoms with Crippen LogP contribution in [0.25, 0.3) is 5.69 Å². The molecule has 3 heterocycles. The third-order valence-electron chi connectivity index (χ3n) is 7.93. The Morgan fingerprint density at radius 3 is 2.24 bits per heavy atom. The maximum absolute atomic E-state index is 6.18. The fourth-order valence-corrected chi connectivity index (χ4v) is 6.13. The first-order valence-electron chi connectivity index (χ1n) is 14.1. The Kier molecular flexibility index (Phi) is 7.33. The predicted molar refractivity (Wildman–Crippen MR) is 170 cm³/mol. The maximum atomic E-state index is 6.18. The second-order valence-corrected chi connectivity index (χ2v) is 10.9. The summed E-state index contributed by atoms with van der Waals surface area (Å²) in [6.45, 7) is 8.60. The van der Waals surface area contributed by atoms with Crippen LogP contribution in [0.2, 0.25) is 0 Å². The van der Waals surface area contributed by atoms with E-state index in [1.165, 1.54) is 22.5 Å². The third kappa shape index (κ3) is 5.11. The Balaban J connectivity index is 1.40. The summed E-state index contributed by atoms with van der Waals surface area (Å²) >= 11 is 5.98. The summed E-state index contributed by atoms with van der Waals surface area (Å²) in [6.07, 6.45) is 2.87. The number of nitrogens with one attached hydrogen (secondary N) is 1. The van der Waals surface area contributed by atoms with Crippen LogP contribution in [0.3, 0.4) is 0 Å². The molecule has 0 bridgehead atoms. The molecule has 6 rings (SSSR count). The molecular weight excluding hydrogens is 524 g/mol. The molecule has 0 spiro atoms. The fourth-order valence-electron chi connectivity index (χ4n) is 5.79. The number of nitrogens with zero attached hydrogens (tertiary/aromatic N) is 3. The predicted octanol–water partition coefficient (Wildman–Crippen LogP) is 8.33. The zero-order valence-electron chi connectivity index (χ0n) is 23.8. The minimum atomic E-state index is -0.108. The van der Waals surface area contributed by atoms with Crippen LogP contribution in [0.5, 0.6) is 11.5 Å². The Morgan fingerprint density at radius 1 is 0.854 bits per heavy atom. The minimum Gasteiger partial charge on any atom is -0.457 e. The second kappa shape index (κ2) is 11.2. The van der Waals surface area contributed by atoms with E-state index in [2.05, 4.69) is 97.1 Å². The van der Waals surface area contributed by atoms with E-state index < -0.39 is 0 Å². The first-order valence-corrected chi connectivity index (χ1v) is 14.5. The van der Waals surface area contributed by atoms with Crippen LogP contribution >= 0.6 is 12.2 Å². The maximum Gasteiger partial charge on any atom is 0.174 e. The zero-order chi connectivity index (χ0) is 28.5. The summed E-state index contributed by atoms with van der Waals surface area (Å²) in [5.41, 5.74) is 9.13. The molecule has 5 aromatic rings. The van der Waals surface area contributed by atoms with Gasteiger partial charge >= 0.3 is 0 Å². The summed E-state index contributed by atoms with van der Waals surface area (Å²) in [7, 11) is 0. The molecule has 0 aliphatic carbocycles. The molecule has 6 heteroatoms. The zero-order valence-corrected chi connectivity index (χ0v) is 24.7. The molecule has 1 aliphatic rings. The van der Waals surface area contributed by atoms with E-state index in [0.717, 1.165) is 40.6 Å². The third-order valence-corrected chi connectivity index (χ3v) is 8.24. The highest BCUT2D eigenvalue weighted by Gasteiger charge is 2.42. The van der Waals surface area contributed by atoms with Crippen LogP contribution in [0.1, 0.15) is 52.8 Å². The number of pyridine rings is 1. The Labute approximate surface area is 247 Å². The van der Waals surface area contributed by atoms with Gasteiger partial charge in [0, 0.05) is 29.0 Å². The van der Waals surface area contributed by atoms with Crippen molar-refractivity contribution in [2.75, 3.05) is 4.90 Å². The normalized spacial score (nSPS) is 16.6. The first-order chi connectivity index (χ1) is 19.9. The largest absolute Gasteiger partial charge is 0.457 e. The molecule has 1 aliphatic heterocycles. The van der Waals surface area contributed by atoms with Gasteiger partial charge in [0.05, 0.1) is 17.8 Å². The number of benzene rings is 3. The average Bonchev–Trinajstić information content (AvgIpc) is 3.49. The molecule has 1 N–H and O–H groups in total. The van der Waals surface area contributed by atoms with Crippen LogP contribution in [0, 0.1) is 20.8 Å². The number of aromatic nitrogens is 2. The van der Waals surface area contributed by atoms with E-state index in [1.807, 2.05) is 48.7 Å². The van der Waals surface area contributed by atoms with Crippen molar-refractivity contribution in [1.29, 1.82) is 0 Å². The standard InChI is InChI=1S/C35H34N4OS/c1-5-26-13-15-27(16-14-26)38-24(3)22-30(25(38)4)34-33(31-11-8-9-21-36-31)37-35(41)39(34)28-17-19-29(20-18-28)40-32-12-7-6-10-23(32)2/h6-22,33-34H,5H2,1-4H3,(H,37,41)/t33-,34+/m0/s1. The summed E-state index contributed by atoms with van der Waals surface area (Å²) in [6, 6.07) is 33.2. The van der Waals surface area contributed by atoms with Crippen molar-refractivity contribution in [3.63, 3.8) is 0 Å². The van der Waals surface area contributed by atoms with E-state index in [4.69, 9.17) is 21.9 Å². The summed E-state index contributed by atoms with van der Waals surface area (Å²) in [4.78, 5) is 6.95. The number of anilines is 1. The minimum absolute atomic E-state index is 0.0876. The van der Waals surface area contributed by atoms with Crippen LogP contribution in [-0.2, 0) is 6.42 Å². The molecule has 0 radical (unpaired) electrons. The van der Waals surface area contributed by atoms with Gasteiger partial charge in [-0.1, -0.05) is 43.3 Å². The summed E-state index contributed by atoms with van der Waals surface area (Å²) in [5.74, 6) is 1.64. The number of hydrogen-bond acceptors (Lipinski definition) is 3. The Bertz CT molecular complexity index is 1680. The lowest BCUT2D eigenvalue weighted by molar-refractivity contribution is 0.479. The molecular formula is C35H34N4OS. The molecule has 0 unspecified atom stereocenters. The van der Waals surface area contributed by atoms with Gasteiger partial charge in [0.15, 0.2) is 5.11 Å². The number of thiocarbonyl (C=S) groups is 1. The topological polar surface area (TPSA) is 42.3 Å². The monoisotopic (exact) mass is 558 g/mol. The van der Waals surface area contributed by atoms with Gasteiger partial charge < -0.3 is 19.5 Å². The number of para-hydroxylation sites is 1. The molecule has 1 saturated heterocycles. The number of rotatable bonds is 7. The van der Waals surface area contributed by atoms with Crippen molar-refractivity contribution >= 4 is 23.0 Å². The van der Waals surface area contributed by atoms with Crippen molar-refractivity contribution in [3.8, 4) is 17.2 Å². The SMILES string of the molecule is CCc1ccc(-n2c(C)cc([C@@H]3[C@H](c4ccccn4)NC(=S)N3c3ccc(Oc4ccccc4C)cc3)c2C)cc1. The molecule has 1 fully saturated rings. The number of aryl methyl sites for hydroxylation is 3. The van der Waals surface area contributed by atoms with Crippen molar-refractivity contribution in [1.82, 2.24) is 14.9 Å². The smallest absolute Gasteiger partial charge is 0.174 e. The number of ether oxygens (including phenoxy) is 1. The van der Waals surface area contributed by atoms with Crippen molar-refractivity contribution in [3.05, 3.63) is 137 Å². The molecule has 2 aromatic heterocycles. The van der Waals surface area contributed by atoms with Gasteiger partial charge in [-0.05, 0) is 117 Å². The van der Waals surface area contributed by atoms with Crippen molar-refractivity contribution in [2.24, 2.45) is 0 Å². The lowest BCUT2D eigenvalue weighted by atomic mass is 9.96. The Hall–Kier alpha value is -4.42. The second-order valence-electron chi connectivity index (χ2n) is 10.5. The fraction of sp³-hybridized carbons (Fsp3) is 0.200. The molecule has 3 aromatic carbocycles. The lowest BCUT2D eigenvalue weighted by Crippen LogP contribution is -2.29. The van der Waals surface area contributed by atoms with Crippen LogP contribution < -0.4 is 15.0 Å². The van der Waals surface area contributed by atoms with Gasteiger partial charge in [0.1, 0.15) is 11.5 Å². The first kappa shape index (κ1) is 26.8. The highest BCUT2D eigenvalue weighted by atomic mass is 32.1. The van der Waals surface area contributed by atoms with Gasteiger partial charge in [0.2, 0.25) is 0 Å². The van der Waals surface area contributed by atoms with Crippen LogP contribution in [0.15, 0.2) is 103 Å². The average molecular weight is 559 g/mol. The van der Waals surface area contributed by atoms with E-state index in [9.17, 15) is 0 Å². The van der Waals surface area contributed by atoms with Gasteiger partial charge in [0.25, 0.3) is 0 Å². The summed E-state index contributed by atoms with van der Waals surface area (Å²) in [5, 5.41) is 4.27. The van der Waals surface area contributed by atoms with Gasteiger partial charge in [-0.2, -0.15) is 0 Å². The van der Waals surface area contributed by atoms with Gasteiger partial charge in [-0.3, -0.25) is 4.98 Å². The van der Waals surface area contributed by atoms with Crippen LogP contribution in [0.4, 0.5) is 5.69 Å². The number of hydrogen-bond donors (Lipinski definition) is 1.